The minimum Gasteiger partial charge on any atom is -0.478 e. The number of carbonyl (C=O) groups is 2. The number of benzene rings is 3. The normalized spacial score (nSPS) is 14.0. The highest BCUT2D eigenvalue weighted by Gasteiger charge is 2.29. The maximum Gasteiger partial charge on any atom is 0.335 e. The first kappa shape index (κ1) is 24.2. The van der Waals surface area contributed by atoms with Gasteiger partial charge in [-0.3, -0.25) is 9.69 Å². The molecule has 0 aliphatic carbocycles. The molecule has 0 atom stereocenters. The Labute approximate surface area is 203 Å². The molecule has 0 unspecified atom stereocenters. The van der Waals surface area contributed by atoms with Crippen molar-refractivity contribution >= 4 is 34.5 Å². The summed E-state index contributed by atoms with van der Waals surface area (Å²) >= 11 is 0. The standard InChI is InChI=1S/C27H27N3O5/c31-14-12-30(13-15-32)17-18-6-9-21(10-7-18)28-25(19-4-2-1-3-5-19)24-22-11-8-20(27(34)35)16-23(22)29-26(24)33/h1-11,16,28,31-32H,12-15,17H2,(H,29,33)(H,34,35)/b25-24-. The SMILES string of the molecule is O=C1Nc2cc(C(=O)O)ccc2/C1=C(/Nc1ccc(CN(CCO)CCO)cc1)c1ccccc1. The number of nitrogens with one attached hydrogen (secondary N) is 2. The Bertz CT molecular complexity index is 1230. The predicted molar refractivity (Wildman–Crippen MR) is 135 cm³/mol. The number of nitrogens with zero attached hydrogens (tertiary/aromatic N) is 1. The second-order valence-corrected chi connectivity index (χ2v) is 8.18. The number of rotatable bonds is 10. The second-order valence-electron chi connectivity index (χ2n) is 8.18. The third-order valence-corrected chi connectivity index (χ3v) is 5.79. The van der Waals surface area contributed by atoms with Crippen LogP contribution in [0.3, 0.4) is 0 Å². The first-order valence-electron chi connectivity index (χ1n) is 11.3. The smallest absolute Gasteiger partial charge is 0.335 e. The molecule has 1 amide bonds. The minimum atomic E-state index is -1.06. The zero-order chi connectivity index (χ0) is 24.8. The third-order valence-electron chi connectivity index (χ3n) is 5.79. The van der Waals surface area contributed by atoms with Crippen molar-refractivity contribution in [3.05, 3.63) is 95.1 Å². The Morgan fingerprint density at radius 3 is 2.20 bits per heavy atom. The average Bonchev–Trinajstić information content (AvgIpc) is 3.19. The molecule has 5 N–H and O–H groups in total. The summed E-state index contributed by atoms with van der Waals surface area (Å²) in [7, 11) is 0. The molecule has 0 spiro atoms. The average molecular weight is 474 g/mol. The van der Waals surface area contributed by atoms with Crippen LogP contribution in [0.4, 0.5) is 11.4 Å². The molecule has 4 rings (SSSR count). The summed E-state index contributed by atoms with van der Waals surface area (Å²) in [5.41, 5.74) is 4.86. The molecule has 1 aliphatic heterocycles. The summed E-state index contributed by atoms with van der Waals surface area (Å²) in [6.45, 7) is 1.58. The van der Waals surface area contributed by atoms with Gasteiger partial charge in [0.15, 0.2) is 0 Å². The van der Waals surface area contributed by atoms with Crippen LogP contribution in [-0.4, -0.2) is 58.4 Å². The van der Waals surface area contributed by atoms with Crippen molar-refractivity contribution in [3.8, 4) is 0 Å². The number of fused-ring (bicyclic) bond motifs is 1. The van der Waals surface area contributed by atoms with Gasteiger partial charge in [-0.1, -0.05) is 48.5 Å². The van der Waals surface area contributed by atoms with E-state index < -0.39 is 5.97 Å². The van der Waals surface area contributed by atoms with Gasteiger partial charge in [0, 0.05) is 30.9 Å². The first-order chi connectivity index (χ1) is 17.0. The second kappa shape index (κ2) is 11.0. The van der Waals surface area contributed by atoms with Gasteiger partial charge in [0.2, 0.25) is 0 Å². The number of carboxylic acid groups (broad SMARTS) is 1. The summed E-state index contributed by atoms with van der Waals surface area (Å²) in [5, 5.41) is 33.9. The lowest BCUT2D eigenvalue weighted by Gasteiger charge is -2.20. The largest absolute Gasteiger partial charge is 0.478 e. The van der Waals surface area contributed by atoms with Crippen LogP contribution in [0.25, 0.3) is 11.3 Å². The number of carbonyl (C=O) groups excluding carboxylic acids is 1. The van der Waals surface area contributed by atoms with Crippen molar-refractivity contribution in [3.63, 3.8) is 0 Å². The van der Waals surface area contributed by atoms with Crippen molar-refractivity contribution in [2.45, 2.75) is 6.54 Å². The lowest BCUT2D eigenvalue weighted by Crippen LogP contribution is -2.29. The molecule has 1 aliphatic rings. The van der Waals surface area contributed by atoms with Crippen LogP contribution in [0.2, 0.25) is 0 Å². The molecular formula is C27H27N3O5. The van der Waals surface area contributed by atoms with Crippen LogP contribution in [0.1, 0.15) is 27.0 Å². The molecule has 35 heavy (non-hydrogen) atoms. The van der Waals surface area contributed by atoms with Gasteiger partial charge in [0.05, 0.1) is 35.7 Å². The summed E-state index contributed by atoms with van der Waals surface area (Å²) in [6.07, 6.45) is 0. The molecule has 0 aromatic heterocycles. The summed E-state index contributed by atoms with van der Waals surface area (Å²) in [4.78, 5) is 26.3. The molecule has 0 fully saturated rings. The number of aliphatic hydroxyl groups excluding tert-OH is 2. The Kier molecular flexibility index (Phi) is 7.57. The molecular weight excluding hydrogens is 446 g/mol. The number of aliphatic hydroxyl groups is 2. The Morgan fingerprint density at radius 2 is 1.57 bits per heavy atom. The van der Waals surface area contributed by atoms with E-state index in [2.05, 4.69) is 10.6 Å². The first-order valence-corrected chi connectivity index (χ1v) is 11.3. The van der Waals surface area contributed by atoms with Gasteiger partial charge in [-0.15, -0.1) is 0 Å². The fraction of sp³-hybridized carbons (Fsp3) is 0.185. The summed E-state index contributed by atoms with van der Waals surface area (Å²) < 4.78 is 0. The number of hydrogen-bond acceptors (Lipinski definition) is 6. The number of hydrogen-bond donors (Lipinski definition) is 5. The van der Waals surface area contributed by atoms with E-state index in [1.807, 2.05) is 59.5 Å². The van der Waals surface area contributed by atoms with E-state index in [0.717, 1.165) is 16.8 Å². The van der Waals surface area contributed by atoms with E-state index in [1.165, 1.54) is 12.1 Å². The van der Waals surface area contributed by atoms with Crippen LogP contribution >= 0.6 is 0 Å². The Balaban J connectivity index is 1.68. The third kappa shape index (κ3) is 5.58. The van der Waals surface area contributed by atoms with Gasteiger partial charge >= 0.3 is 5.97 Å². The van der Waals surface area contributed by atoms with E-state index >= 15 is 0 Å². The maximum absolute atomic E-state index is 13.0. The molecule has 0 radical (unpaired) electrons. The lowest BCUT2D eigenvalue weighted by molar-refractivity contribution is -0.110. The van der Waals surface area contributed by atoms with Crippen LogP contribution in [-0.2, 0) is 11.3 Å². The zero-order valence-corrected chi connectivity index (χ0v) is 19.1. The highest BCUT2D eigenvalue weighted by molar-refractivity contribution is 6.37. The van der Waals surface area contributed by atoms with Crippen LogP contribution in [0.15, 0.2) is 72.8 Å². The summed E-state index contributed by atoms with van der Waals surface area (Å²) in [6, 6.07) is 21.8. The number of aromatic carboxylic acids is 1. The molecule has 3 aromatic rings. The molecule has 0 saturated heterocycles. The summed E-state index contributed by atoms with van der Waals surface area (Å²) in [5.74, 6) is -1.37. The van der Waals surface area contributed by atoms with E-state index in [-0.39, 0.29) is 24.7 Å². The van der Waals surface area contributed by atoms with E-state index in [9.17, 15) is 24.9 Å². The number of amides is 1. The highest BCUT2D eigenvalue weighted by Crippen LogP contribution is 2.38. The zero-order valence-electron chi connectivity index (χ0n) is 19.1. The fourth-order valence-corrected chi connectivity index (χ4v) is 4.09. The van der Waals surface area contributed by atoms with Gasteiger partial charge in [-0.05, 0) is 35.4 Å². The molecule has 180 valence electrons. The quantitative estimate of drug-likeness (QED) is 0.287. The van der Waals surface area contributed by atoms with Gasteiger partial charge in [-0.2, -0.15) is 0 Å². The molecule has 3 aromatic carbocycles. The van der Waals surface area contributed by atoms with Crippen molar-refractivity contribution in [2.75, 3.05) is 36.9 Å². The van der Waals surface area contributed by atoms with Gasteiger partial charge in [-0.25, -0.2) is 4.79 Å². The Hall–Kier alpha value is -3.98. The monoisotopic (exact) mass is 473 g/mol. The minimum absolute atomic E-state index is 0.0190. The van der Waals surface area contributed by atoms with Gasteiger partial charge in [0.1, 0.15) is 0 Å². The maximum atomic E-state index is 13.0. The molecule has 1 heterocycles. The number of carboxylic acids is 1. The van der Waals surface area contributed by atoms with Gasteiger partial charge in [0.25, 0.3) is 5.91 Å². The van der Waals surface area contributed by atoms with Crippen LogP contribution in [0, 0.1) is 0 Å². The predicted octanol–water partition coefficient (Wildman–Crippen LogP) is 3.10. The Morgan fingerprint density at radius 1 is 0.886 bits per heavy atom. The number of anilines is 2. The van der Waals surface area contributed by atoms with E-state index in [0.29, 0.717) is 42.2 Å². The topological polar surface area (TPSA) is 122 Å². The molecule has 0 saturated carbocycles. The molecule has 0 bridgehead atoms. The molecule has 8 nitrogen and oxygen atoms in total. The van der Waals surface area contributed by atoms with Crippen LogP contribution in [0.5, 0.6) is 0 Å². The van der Waals surface area contributed by atoms with Crippen LogP contribution < -0.4 is 10.6 Å². The van der Waals surface area contributed by atoms with Crippen molar-refractivity contribution < 1.29 is 24.9 Å². The van der Waals surface area contributed by atoms with Crippen molar-refractivity contribution in [1.29, 1.82) is 0 Å². The van der Waals surface area contributed by atoms with Crippen molar-refractivity contribution in [1.82, 2.24) is 4.90 Å². The molecule has 8 heteroatoms. The fourth-order valence-electron chi connectivity index (χ4n) is 4.09. The lowest BCUT2D eigenvalue weighted by atomic mass is 9.99. The van der Waals surface area contributed by atoms with E-state index in [4.69, 9.17) is 0 Å². The van der Waals surface area contributed by atoms with Gasteiger partial charge < -0.3 is 26.0 Å². The highest BCUT2D eigenvalue weighted by atomic mass is 16.4. The van der Waals surface area contributed by atoms with E-state index in [1.54, 1.807) is 6.07 Å². The van der Waals surface area contributed by atoms with Crippen molar-refractivity contribution in [2.24, 2.45) is 0 Å².